The summed E-state index contributed by atoms with van der Waals surface area (Å²) < 4.78 is 80.8. The number of rotatable bonds is 4. The van der Waals surface area contributed by atoms with Crippen LogP contribution in [0.5, 0.6) is 0 Å². The summed E-state index contributed by atoms with van der Waals surface area (Å²) in [4.78, 5) is 16.3. The fraction of sp³-hybridized carbons (Fsp3) is 0.429. The van der Waals surface area contributed by atoms with Gasteiger partial charge in [-0.1, -0.05) is 0 Å². The van der Waals surface area contributed by atoms with E-state index in [4.69, 9.17) is 0 Å². The molecule has 3 heterocycles. The molecule has 0 fully saturated rings. The first-order chi connectivity index (χ1) is 15.8. The molecular formula is C21H20F6N6O. The number of pyridine rings is 1. The first-order valence-electron chi connectivity index (χ1n) is 10.4. The van der Waals surface area contributed by atoms with E-state index in [2.05, 4.69) is 20.5 Å². The van der Waals surface area contributed by atoms with Crippen molar-refractivity contribution in [1.82, 2.24) is 29.9 Å². The fourth-order valence-electron chi connectivity index (χ4n) is 3.86. The number of fused-ring (bicyclic) bond motifs is 1. The van der Waals surface area contributed by atoms with E-state index < -0.39 is 41.7 Å². The number of aromatic nitrogens is 5. The predicted molar refractivity (Wildman–Crippen MR) is 107 cm³/mol. The SMILES string of the molecule is CC(C)n1nc(C(F)(F)F)cc1C(=O)N[C@@H]1CCCc2nn(-c3ccnc(C(F)(F)F)c3)cc21. The minimum absolute atomic E-state index is 0.148. The van der Waals surface area contributed by atoms with Crippen LogP contribution in [0.1, 0.15) is 71.9 Å². The van der Waals surface area contributed by atoms with Crippen LogP contribution in [0, 0.1) is 0 Å². The number of carbonyl (C=O) groups excluding carboxylic acids is 1. The Hall–Kier alpha value is -3.38. The number of halogens is 6. The van der Waals surface area contributed by atoms with Gasteiger partial charge >= 0.3 is 12.4 Å². The number of alkyl halides is 6. The minimum atomic E-state index is -4.70. The maximum absolute atomic E-state index is 13.1. The largest absolute Gasteiger partial charge is 0.435 e. The molecule has 7 nitrogen and oxygen atoms in total. The van der Waals surface area contributed by atoms with Gasteiger partial charge in [0, 0.05) is 30.1 Å². The lowest BCUT2D eigenvalue weighted by atomic mass is 9.93. The van der Waals surface area contributed by atoms with E-state index in [9.17, 15) is 31.1 Å². The van der Waals surface area contributed by atoms with Crippen LogP contribution in [0.3, 0.4) is 0 Å². The molecule has 1 aliphatic carbocycles. The fourth-order valence-corrected chi connectivity index (χ4v) is 3.86. The lowest BCUT2D eigenvalue weighted by molar-refractivity contribution is -0.142. The Labute approximate surface area is 189 Å². The highest BCUT2D eigenvalue weighted by Gasteiger charge is 2.37. The van der Waals surface area contributed by atoms with Crippen LogP contribution >= 0.6 is 0 Å². The van der Waals surface area contributed by atoms with Crippen molar-refractivity contribution in [1.29, 1.82) is 0 Å². The Bertz CT molecular complexity index is 1210. The number of nitrogens with zero attached hydrogens (tertiary/aromatic N) is 5. The molecule has 0 bridgehead atoms. The zero-order valence-electron chi connectivity index (χ0n) is 18.1. The molecule has 0 radical (unpaired) electrons. The topological polar surface area (TPSA) is 77.6 Å². The summed E-state index contributed by atoms with van der Waals surface area (Å²) in [6, 6.07) is 1.89. The van der Waals surface area contributed by atoms with E-state index in [-0.39, 0.29) is 11.4 Å². The first-order valence-corrected chi connectivity index (χ1v) is 10.4. The maximum Gasteiger partial charge on any atom is 0.435 e. The molecule has 13 heteroatoms. The van der Waals surface area contributed by atoms with Gasteiger partial charge in [0.05, 0.1) is 17.4 Å². The average molecular weight is 486 g/mol. The number of hydrogen-bond donors (Lipinski definition) is 1. The molecule has 0 aliphatic heterocycles. The van der Waals surface area contributed by atoms with Gasteiger partial charge in [0.1, 0.15) is 11.4 Å². The molecule has 182 valence electrons. The summed E-state index contributed by atoms with van der Waals surface area (Å²) >= 11 is 0. The number of aryl methyl sites for hydroxylation is 1. The molecule has 4 rings (SSSR count). The highest BCUT2D eigenvalue weighted by molar-refractivity contribution is 5.93. The molecule has 1 aliphatic rings. The third kappa shape index (κ3) is 4.64. The van der Waals surface area contributed by atoms with Crippen LogP contribution in [-0.4, -0.2) is 30.5 Å². The highest BCUT2D eigenvalue weighted by Crippen LogP contribution is 2.33. The molecule has 0 saturated heterocycles. The number of hydrogen-bond acceptors (Lipinski definition) is 4. The van der Waals surface area contributed by atoms with E-state index in [1.54, 1.807) is 13.8 Å². The molecule has 0 saturated carbocycles. The lowest BCUT2D eigenvalue weighted by Gasteiger charge is -2.23. The van der Waals surface area contributed by atoms with Crippen LogP contribution in [-0.2, 0) is 18.8 Å². The van der Waals surface area contributed by atoms with Crippen molar-refractivity contribution in [2.75, 3.05) is 0 Å². The molecule has 0 unspecified atom stereocenters. The molecule has 1 amide bonds. The van der Waals surface area contributed by atoms with Gasteiger partial charge in [-0.25, -0.2) is 4.68 Å². The van der Waals surface area contributed by atoms with Crippen LogP contribution in [0.25, 0.3) is 5.69 Å². The van der Waals surface area contributed by atoms with Gasteiger partial charge in [0.2, 0.25) is 0 Å². The number of carbonyl (C=O) groups is 1. The van der Waals surface area contributed by atoms with Crippen LogP contribution < -0.4 is 5.32 Å². The summed E-state index contributed by atoms with van der Waals surface area (Å²) in [5.41, 5.74) is -1.13. The van der Waals surface area contributed by atoms with Gasteiger partial charge in [-0.3, -0.25) is 14.5 Å². The second kappa shape index (κ2) is 8.44. The number of amides is 1. The summed E-state index contributed by atoms with van der Waals surface area (Å²) in [6.45, 7) is 3.22. The molecule has 0 aromatic carbocycles. The Balaban J connectivity index is 1.62. The Kier molecular flexibility index (Phi) is 5.90. The third-order valence-electron chi connectivity index (χ3n) is 5.46. The van der Waals surface area contributed by atoms with Crippen molar-refractivity contribution in [3.63, 3.8) is 0 Å². The van der Waals surface area contributed by atoms with Crippen LogP contribution in [0.2, 0.25) is 0 Å². The van der Waals surface area contributed by atoms with Gasteiger partial charge < -0.3 is 5.32 Å². The standard InChI is InChI=1S/C21H20F6N6O/c1-11(2)33-16(9-18(31-33)21(25,26)27)19(34)29-14-4-3-5-15-13(14)10-32(30-15)12-6-7-28-17(8-12)20(22,23)24/h6-11,14H,3-5H2,1-2H3,(H,29,34)/t14-/m1/s1. The van der Waals surface area contributed by atoms with Crippen molar-refractivity contribution < 1.29 is 31.1 Å². The summed E-state index contributed by atoms with van der Waals surface area (Å²) in [7, 11) is 0. The van der Waals surface area contributed by atoms with E-state index in [0.29, 0.717) is 36.6 Å². The van der Waals surface area contributed by atoms with Crippen molar-refractivity contribution >= 4 is 5.91 Å². The van der Waals surface area contributed by atoms with Crippen molar-refractivity contribution in [3.05, 3.63) is 58.9 Å². The zero-order chi connectivity index (χ0) is 24.8. The van der Waals surface area contributed by atoms with E-state index in [1.807, 2.05) is 0 Å². The normalized spacial score (nSPS) is 16.6. The maximum atomic E-state index is 13.1. The quantitative estimate of drug-likeness (QED) is 0.533. The Morgan fingerprint density at radius 1 is 1.09 bits per heavy atom. The molecule has 1 N–H and O–H groups in total. The van der Waals surface area contributed by atoms with Gasteiger partial charge in [0.25, 0.3) is 5.91 Å². The van der Waals surface area contributed by atoms with E-state index in [0.717, 1.165) is 16.9 Å². The summed E-state index contributed by atoms with van der Waals surface area (Å²) in [5, 5.41) is 10.6. The summed E-state index contributed by atoms with van der Waals surface area (Å²) in [5.74, 6) is -0.731. The van der Waals surface area contributed by atoms with Crippen molar-refractivity contribution in [3.8, 4) is 5.69 Å². The predicted octanol–water partition coefficient (Wildman–Crippen LogP) is 4.89. The lowest BCUT2D eigenvalue weighted by Crippen LogP contribution is -2.32. The Morgan fingerprint density at radius 2 is 1.79 bits per heavy atom. The highest BCUT2D eigenvalue weighted by atomic mass is 19.4. The average Bonchev–Trinajstić information content (AvgIpc) is 3.39. The van der Waals surface area contributed by atoms with Crippen LogP contribution in [0.15, 0.2) is 30.6 Å². The smallest absolute Gasteiger partial charge is 0.344 e. The molecular weight excluding hydrogens is 466 g/mol. The van der Waals surface area contributed by atoms with Crippen LogP contribution in [0.4, 0.5) is 26.3 Å². The molecule has 34 heavy (non-hydrogen) atoms. The second-order valence-corrected chi connectivity index (χ2v) is 8.24. The van der Waals surface area contributed by atoms with Gasteiger partial charge in [-0.05, 0) is 45.2 Å². The molecule has 3 aromatic heterocycles. The van der Waals surface area contributed by atoms with E-state index in [1.165, 1.54) is 16.9 Å². The molecule has 0 spiro atoms. The van der Waals surface area contributed by atoms with Crippen molar-refractivity contribution in [2.24, 2.45) is 0 Å². The molecule has 1 atom stereocenters. The minimum Gasteiger partial charge on any atom is -0.344 e. The summed E-state index contributed by atoms with van der Waals surface area (Å²) in [6.07, 6.45) is -5.08. The zero-order valence-corrected chi connectivity index (χ0v) is 18.1. The van der Waals surface area contributed by atoms with Gasteiger partial charge in [0.15, 0.2) is 5.69 Å². The van der Waals surface area contributed by atoms with E-state index >= 15 is 0 Å². The van der Waals surface area contributed by atoms with Crippen molar-refractivity contribution in [2.45, 2.75) is 57.5 Å². The van der Waals surface area contributed by atoms with Gasteiger partial charge in [-0.2, -0.15) is 36.5 Å². The Morgan fingerprint density at radius 3 is 2.44 bits per heavy atom. The monoisotopic (exact) mass is 486 g/mol. The third-order valence-corrected chi connectivity index (χ3v) is 5.46. The van der Waals surface area contributed by atoms with Gasteiger partial charge in [-0.15, -0.1) is 0 Å². The first kappa shape index (κ1) is 23.8. The second-order valence-electron chi connectivity index (χ2n) is 8.24. The number of nitrogens with one attached hydrogen (secondary N) is 1. The molecule has 3 aromatic rings.